The van der Waals surface area contributed by atoms with Gasteiger partial charge < -0.3 is 9.64 Å². The van der Waals surface area contributed by atoms with Crippen LogP contribution >= 0.6 is 0 Å². The number of carbonyl (C=O) groups is 1. The first-order chi connectivity index (χ1) is 11.6. The Balaban J connectivity index is 1.83. The fourth-order valence-corrected chi connectivity index (χ4v) is 3.34. The predicted octanol–water partition coefficient (Wildman–Crippen LogP) is 2.68. The van der Waals surface area contributed by atoms with Crippen LogP contribution < -0.4 is 0 Å². The second kappa shape index (κ2) is 7.45. The predicted molar refractivity (Wildman–Crippen MR) is 93.1 cm³/mol. The minimum Gasteiger partial charge on any atom is -0.443 e. The molecule has 138 valence electrons. The van der Waals surface area contributed by atoms with E-state index in [1.807, 2.05) is 0 Å². The van der Waals surface area contributed by atoms with Crippen molar-refractivity contribution in [1.82, 2.24) is 9.80 Å². The molecule has 1 amide bonds. The van der Waals surface area contributed by atoms with Gasteiger partial charge in [0.05, 0.1) is 11.5 Å². The lowest BCUT2D eigenvalue weighted by Gasteiger charge is -2.24. The molecular formula is C17H24N2O5S. The smallest absolute Gasteiger partial charge is 0.415 e. The van der Waals surface area contributed by atoms with Crippen molar-refractivity contribution in [1.29, 1.82) is 0 Å². The number of benzene rings is 1. The highest BCUT2D eigenvalue weighted by molar-refractivity contribution is 7.86. The molecule has 0 N–H and O–H groups in total. The first-order valence-corrected chi connectivity index (χ1v) is 9.36. The van der Waals surface area contributed by atoms with Crippen LogP contribution in [-0.2, 0) is 19.0 Å². The molecule has 1 aliphatic rings. The lowest BCUT2D eigenvalue weighted by Crippen LogP contribution is -2.36. The van der Waals surface area contributed by atoms with Gasteiger partial charge in [-0.25, -0.2) is 4.79 Å². The van der Waals surface area contributed by atoms with Crippen molar-refractivity contribution in [2.75, 3.05) is 19.8 Å². The minimum absolute atomic E-state index is 0.0107. The quantitative estimate of drug-likeness (QED) is 0.744. The molecule has 25 heavy (non-hydrogen) atoms. The minimum atomic E-state index is -3.79. The Morgan fingerprint density at radius 1 is 1.20 bits per heavy atom. The van der Waals surface area contributed by atoms with Crippen molar-refractivity contribution in [3.63, 3.8) is 0 Å². The fraction of sp³-hybridized carbons (Fsp3) is 0.471. The van der Waals surface area contributed by atoms with Gasteiger partial charge in [-0.3, -0.25) is 9.08 Å². The Bertz CT molecular complexity index is 753. The van der Waals surface area contributed by atoms with Crippen LogP contribution in [0.4, 0.5) is 4.79 Å². The van der Waals surface area contributed by atoms with Crippen LogP contribution in [0.2, 0.25) is 0 Å². The summed E-state index contributed by atoms with van der Waals surface area (Å²) in [5, 5.41) is 0. The van der Waals surface area contributed by atoms with Gasteiger partial charge in [0.2, 0.25) is 0 Å². The van der Waals surface area contributed by atoms with Gasteiger partial charge in [-0.05, 0) is 39.3 Å². The number of amides is 1. The van der Waals surface area contributed by atoms with Gasteiger partial charge in [-0.15, -0.1) is 0 Å². The van der Waals surface area contributed by atoms with E-state index in [9.17, 15) is 13.2 Å². The molecule has 1 aromatic carbocycles. The highest BCUT2D eigenvalue weighted by Gasteiger charge is 2.25. The van der Waals surface area contributed by atoms with E-state index in [1.54, 1.807) is 63.2 Å². The van der Waals surface area contributed by atoms with E-state index in [1.165, 1.54) is 11.0 Å². The molecule has 0 bridgehead atoms. The summed E-state index contributed by atoms with van der Waals surface area (Å²) in [6.45, 7) is 7.73. The maximum atomic E-state index is 12.2. The average Bonchev–Trinajstić information content (AvgIpc) is 2.94. The van der Waals surface area contributed by atoms with Crippen LogP contribution in [0.1, 0.15) is 26.3 Å². The second-order valence-electron chi connectivity index (χ2n) is 6.74. The van der Waals surface area contributed by atoms with Crippen LogP contribution in [0.3, 0.4) is 0 Å². The zero-order chi connectivity index (χ0) is 18.7. The van der Waals surface area contributed by atoms with E-state index in [-0.39, 0.29) is 11.5 Å². The first-order valence-electron chi connectivity index (χ1n) is 7.95. The van der Waals surface area contributed by atoms with E-state index in [0.717, 1.165) is 0 Å². The molecule has 8 heteroatoms. The van der Waals surface area contributed by atoms with Crippen LogP contribution in [0.5, 0.6) is 0 Å². The molecule has 0 fully saturated rings. The SMILES string of the molecule is Cc1ccccc1S(=O)(=O)OCCN1C=CN(C(=O)OC(C)(C)C)C1. The summed E-state index contributed by atoms with van der Waals surface area (Å²) in [6.07, 6.45) is 2.86. The topological polar surface area (TPSA) is 76.2 Å². The van der Waals surface area contributed by atoms with Crippen molar-refractivity contribution in [2.24, 2.45) is 0 Å². The number of rotatable bonds is 5. The molecule has 0 radical (unpaired) electrons. The van der Waals surface area contributed by atoms with E-state index in [2.05, 4.69) is 0 Å². The lowest BCUT2D eigenvalue weighted by molar-refractivity contribution is 0.0302. The van der Waals surface area contributed by atoms with Crippen molar-refractivity contribution >= 4 is 16.2 Å². The Morgan fingerprint density at radius 2 is 1.88 bits per heavy atom. The van der Waals surface area contributed by atoms with Gasteiger partial charge in [0, 0.05) is 18.9 Å². The van der Waals surface area contributed by atoms with Gasteiger partial charge in [-0.1, -0.05) is 18.2 Å². The monoisotopic (exact) mass is 368 g/mol. The van der Waals surface area contributed by atoms with Crippen molar-refractivity contribution < 1.29 is 22.1 Å². The summed E-state index contributed by atoms with van der Waals surface area (Å²) in [5.41, 5.74) is 0.0722. The maximum Gasteiger partial charge on any atom is 0.415 e. The summed E-state index contributed by atoms with van der Waals surface area (Å²) in [6, 6.07) is 6.67. The summed E-state index contributed by atoms with van der Waals surface area (Å²) in [4.78, 5) is 15.3. The highest BCUT2D eigenvalue weighted by Crippen LogP contribution is 2.17. The zero-order valence-electron chi connectivity index (χ0n) is 14.9. The van der Waals surface area contributed by atoms with Crippen molar-refractivity contribution in [2.45, 2.75) is 38.2 Å². The zero-order valence-corrected chi connectivity index (χ0v) is 15.7. The fourth-order valence-electron chi connectivity index (χ4n) is 2.21. The molecule has 7 nitrogen and oxygen atoms in total. The highest BCUT2D eigenvalue weighted by atomic mass is 32.2. The van der Waals surface area contributed by atoms with Crippen molar-refractivity contribution in [3.05, 3.63) is 42.2 Å². The van der Waals surface area contributed by atoms with E-state index >= 15 is 0 Å². The molecule has 0 atom stereocenters. The molecule has 0 aliphatic carbocycles. The van der Waals surface area contributed by atoms with Gasteiger partial charge in [0.1, 0.15) is 12.3 Å². The molecule has 1 heterocycles. The Labute approximate surface area is 148 Å². The number of hydrogen-bond acceptors (Lipinski definition) is 6. The second-order valence-corrected chi connectivity index (χ2v) is 8.33. The van der Waals surface area contributed by atoms with Gasteiger partial charge in [-0.2, -0.15) is 8.42 Å². The molecular weight excluding hydrogens is 344 g/mol. The van der Waals surface area contributed by atoms with Crippen LogP contribution in [0.15, 0.2) is 41.6 Å². The maximum absolute atomic E-state index is 12.2. The average molecular weight is 368 g/mol. The third kappa shape index (κ3) is 5.47. The number of nitrogens with zero attached hydrogens (tertiary/aromatic N) is 2. The normalized spacial score (nSPS) is 14.9. The van der Waals surface area contributed by atoms with Crippen LogP contribution in [-0.4, -0.2) is 49.7 Å². The Kier molecular flexibility index (Phi) is 5.74. The molecule has 1 aliphatic heterocycles. The molecule has 2 rings (SSSR count). The number of aryl methyl sites for hydroxylation is 1. The Morgan fingerprint density at radius 3 is 2.52 bits per heavy atom. The summed E-state index contributed by atoms with van der Waals surface area (Å²) >= 11 is 0. The molecule has 0 unspecified atom stereocenters. The molecule has 0 spiro atoms. The van der Waals surface area contributed by atoms with E-state index in [0.29, 0.717) is 18.8 Å². The summed E-state index contributed by atoms with van der Waals surface area (Å²) < 4.78 is 34.8. The third-order valence-corrected chi connectivity index (χ3v) is 4.87. The van der Waals surface area contributed by atoms with Gasteiger partial charge >= 0.3 is 6.09 Å². The number of carbonyl (C=O) groups excluding carboxylic acids is 1. The molecule has 0 saturated heterocycles. The van der Waals surface area contributed by atoms with Crippen LogP contribution in [0, 0.1) is 6.92 Å². The largest absolute Gasteiger partial charge is 0.443 e. The summed E-state index contributed by atoms with van der Waals surface area (Å²) in [5.74, 6) is 0. The number of hydrogen-bond donors (Lipinski definition) is 0. The van der Waals surface area contributed by atoms with E-state index < -0.39 is 21.8 Å². The van der Waals surface area contributed by atoms with Crippen molar-refractivity contribution in [3.8, 4) is 0 Å². The molecule has 1 aromatic rings. The van der Waals surface area contributed by atoms with Gasteiger partial charge in [0.15, 0.2) is 0 Å². The van der Waals surface area contributed by atoms with E-state index in [4.69, 9.17) is 8.92 Å². The standard InChI is InChI=1S/C17H24N2O5S/c1-14-7-5-6-8-15(14)25(21,22)23-12-11-18-9-10-19(13-18)16(20)24-17(2,3)4/h5-10H,11-13H2,1-4H3. The summed E-state index contributed by atoms with van der Waals surface area (Å²) in [7, 11) is -3.79. The number of ether oxygens (including phenoxy) is 1. The van der Waals surface area contributed by atoms with Crippen LogP contribution in [0.25, 0.3) is 0 Å². The van der Waals surface area contributed by atoms with Gasteiger partial charge in [0.25, 0.3) is 10.1 Å². The third-order valence-electron chi connectivity index (χ3n) is 3.40. The lowest BCUT2D eigenvalue weighted by atomic mass is 10.2. The molecule has 0 aromatic heterocycles. The molecule has 0 saturated carbocycles. The first kappa shape index (κ1) is 19.3. The Hall–Kier alpha value is -2.06.